The predicted molar refractivity (Wildman–Crippen MR) is 104 cm³/mol. The highest BCUT2D eigenvalue weighted by atomic mass is 35.5. The molecule has 2 aromatic rings. The first-order chi connectivity index (χ1) is 12.0. The molecule has 0 N–H and O–H groups in total. The second-order valence-electron chi connectivity index (χ2n) is 6.08. The molecule has 1 atom stereocenters. The molecule has 1 aliphatic rings. The highest BCUT2D eigenvalue weighted by molar-refractivity contribution is 7.80. The van der Waals surface area contributed by atoms with Crippen LogP contribution in [0.15, 0.2) is 41.3 Å². The number of likely N-dealkylation sites (N-methyl/N-ethyl adjacent to an activating group) is 1. The van der Waals surface area contributed by atoms with E-state index in [1.165, 1.54) is 11.1 Å². The van der Waals surface area contributed by atoms with Crippen molar-refractivity contribution in [1.29, 1.82) is 0 Å². The van der Waals surface area contributed by atoms with Gasteiger partial charge < -0.3 is 9.64 Å². The zero-order valence-corrected chi connectivity index (χ0v) is 16.2. The van der Waals surface area contributed by atoms with Crippen molar-refractivity contribution >= 4 is 41.9 Å². The fourth-order valence-corrected chi connectivity index (χ4v) is 3.74. The Kier molecular flexibility index (Phi) is 5.82. The molecule has 3 rings (SSSR count). The van der Waals surface area contributed by atoms with Crippen molar-refractivity contribution in [2.45, 2.75) is 37.1 Å². The van der Waals surface area contributed by atoms with E-state index >= 15 is 0 Å². The number of carbonyl (C=O) groups is 1. The van der Waals surface area contributed by atoms with Crippen LogP contribution in [0.5, 0.6) is 5.75 Å². The fourth-order valence-electron chi connectivity index (χ4n) is 3.21. The second kappa shape index (κ2) is 7.90. The maximum absolute atomic E-state index is 12.6. The standard InChI is InChI=1S/C19H19Cl2NO2S/c1-2-22(19(23)24-16-7-4-14(20)5-8-16)15-6-3-12-11-18(25)17(21)10-13(12)9-15/h4-5,7-8,10-11,15,25H,2-3,6,9H2,1H3. The lowest BCUT2D eigenvalue weighted by molar-refractivity contribution is 0.129. The number of nitrogens with zero attached hydrogens (tertiary/aromatic N) is 1. The minimum absolute atomic E-state index is 0.0964. The lowest BCUT2D eigenvalue weighted by atomic mass is 9.87. The third-order valence-corrected chi connectivity index (χ3v) is 5.57. The summed E-state index contributed by atoms with van der Waals surface area (Å²) >= 11 is 16.4. The molecule has 0 saturated carbocycles. The number of fused-ring (bicyclic) bond motifs is 1. The van der Waals surface area contributed by atoms with Crippen LogP contribution in [-0.2, 0) is 12.8 Å². The summed E-state index contributed by atoms with van der Waals surface area (Å²) in [7, 11) is 0. The molecule has 0 spiro atoms. The van der Waals surface area contributed by atoms with Crippen LogP contribution in [0.3, 0.4) is 0 Å². The van der Waals surface area contributed by atoms with Crippen molar-refractivity contribution in [2.75, 3.05) is 6.54 Å². The molecule has 1 unspecified atom stereocenters. The van der Waals surface area contributed by atoms with Crippen LogP contribution >= 0.6 is 35.8 Å². The van der Waals surface area contributed by atoms with Crippen molar-refractivity contribution < 1.29 is 9.53 Å². The SMILES string of the molecule is CCN(C(=O)Oc1ccc(Cl)cc1)C1CCc2cc(S)c(Cl)cc2C1. The number of benzene rings is 2. The van der Waals surface area contributed by atoms with E-state index in [2.05, 4.69) is 12.6 Å². The summed E-state index contributed by atoms with van der Waals surface area (Å²) in [5.74, 6) is 0.492. The molecule has 3 nitrogen and oxygen atoms in total. The zero-order valence-electron chi connectivity index (χ0n) is 13.8. The van der Waals surface area contributed by atoms with Crippen LogP contribution in [0.1, 0.15) is 24.5 Å². The van der Waals surface area contributed by atoms with Crippen LogP contribution in [0.4, 0.5) is 4.79 Å². The van der Waals surface area contributed by atoms with E-state index in [4.69, 9.17) is 27.9 Å². The lowest BCUT2D eigenvalue weighted by Gasteiger charge is -2.34. The van der Waals surface area contributed by atoms with Crippen molar-refractivity contribution in [3.8, 4) is 5.75 Å². The minimum atomic E-state index is -0.338. The number of ether oxygens (including phenoxy) is 1. The number of rotatable bonds is 3. The number of hydrogen-bond acceptors (Lipinski definition) is 3. The van der Waals surface area contributed by atoms with Gasteiger partial charge in [-0.15, -0.1) is 12.6 Å². The summed E-state index contributed by atoms with van der Waals surface area (Å²) < 4.78 is 5.50. The monoisotopic (exact) mass is 395 g/mol. The van der Waals surface area contributed by atoms with Gasteiger partial charge >= 0.3 is 6.09 Å². The molecular formula is C19H19Cl2NO2S. The number of hydrogen-bond donors (Lipinski definition) is 1. The molecule has 1 aliphatic carbocycles. The molecule has 0 radical (unpaired) electrons. The zero-order chi connectivity index (χ0) is 18.0. The topological polar surface area (TPSA) is 29.5 Å². The molecule has 132 valence electrons. The Balaban J connectivity index is 1.73. The molecule has 0 aliphatic heterocycles. The third kappa shape index (κ3) is 4.25. The molecule has 0 fully saturated rings. The average molecular weight is 396 g/mol. The van der Waals surface area contributed by atoms with E-state index in [0.29, 0.717) is 22.3 Å². The maximum Gasteiger partial charge on any atom is 0.415 e. The fraction of sp³-hybridized carbons (Fsp3) is 0.316. The van der Waals surface area contributed by atoms with Gasteiger partial charge in [-0.05, 0) is 73.7 Å². The van der Waals surface area contributed by atoms with E-state index in [9.17, 15) is 4.79 Å². The summed E-state index contributed by atoms with van der Waals surface area (Å²) in [5.41, 5.74) is 2.43. The van der Waals surface area contributed by atoms with Crippen molar-refractivity contribution in [3.05, 3.63) is 57.6 Å². The van der Waals surface area contributed by atoms with Gasteiger partial charge in [0.15, 0.2) is 0 Å². The molecule has 2 aromatic carbocycles. The minimum Gasteiger partial charge on any atom is -0.410 e. The molecule has 0 aromatic heterocycles. The number of halogens is 2. The first-order valence-corrected chi connectivity index (χ1v) is 9.42. The Morgan fingerprint density at radius 3 is 2.64 bits per heavy atom. The molecule has 1 amide bonds. The maximum atomic E-state index is 12.6. The van der Waals surface area contributed by atoms with Crippen LogP contribution in [0.25, 0.3) is 0 Å². The Labute approximate surface area is 163 Å². The van der Waals surface area contributed by atoms with Gasteiger partial charge in [0.1, 0.15) is 5.75 Å². The lowest BCUT2D eigenvalue weighted by Crippen LogP contribution is -2.44. The number of aryl methyl sites for hydroxylation is 1. The van der Waals surface area contributed by atoms with Gasteiger partial charge in [0, 0.05) is 22.5 Å². The van der Waals surface area contributed by atoms with Crippen LogP contribution in [0, 0.1) is 0 Å². The van der Waals surface area contributed by atoms with Gasteiger partial charge in [0.05, 0.1) is 5.02 Å². The summed E-state index contributed by atoms with van der Waals surface area (Å²) in [5, 5.41) is 1.26. The summed E-state index contributed by atoms with van der Waals surface area (Å²) in [6.07, 6.45) is 2.23. The molecule has 25 heavy (non-hydrogen) atoms. The van der Waals surface area contributed by atoms with Crippen LogP contribution < -0.4 is 4.74 Å². The molecule has 0 bridgehead atoms. The predicted octanol–water partition coefficient (Wildman–Crippen LogP) is 5.66. The van der Waals surface area contributed by atoms with Crippen molar-refractivity contribution in [3.63, 3.8) is 0 Å². The molecule has 0 saturated heterocycles. The Bertz CT molecular complexity index is 780. The van der Waals surface area contributed by atoms with Gasteiger partial charge in [0.25, 0.3) is 0 Å². The van der Waals surface area contributed by atoms with E-state index < -0.39 is 0 Å². The highest BCUT2D eigenvalue weighted by Crippen LogP contribution is 2.31. The van der Waals surface area contributed by atoms with E-state index in [0.717, 1.165) is 24.2 Å². The van der Waals surface area contributed by atoms with E-state index in [1.54, 1.807) is 29.2 Å². The smallest absolute Gasteiger partial charge is 0.410 e. The van der Waals surface area contributed by atoms with Gasteiger partial charge in [0.2, 0.25) is 0 Å². The normalized spacial score (nSPS) is 16.2. The molecular weight excluding hydrogens is 377 g/mol. The number of thiol groups is 1. The summed E-state index contributed by atoms with van der Waals surface area (Å²) in [6, 6.07) is 10.9. The quantitative estimate of drug-likeness (QED) is 0.679. The number of carbonyl (C=O) groups excluding carboxylic acids is 1. The Morgan fingerprint density at radius 2 is 1.96 bits per heavy atom. The van der Waals surface area contributed by atoms with Crippen LogP contribution in [0.2, 0.25) is 10.0 Å². The Morgan fingerprint density at radius 1 is 1.24 bits per heavy atom. The third-order valence-electron chi connectivity index (χ3n) is 4.51. The summed E-state index contributed by atoms with van der Waals surface area (Å²) in [6.45, 7) is 2.55. The average Bonchev–Trinajstić information content (AvgIpc) is 2.59. The Hall–Kier alpha value is -1.36. The van der Waals surface area contributed by atoms with E-state index in [1.807, 2.05) is 19.1 Å². The molecule has 6 heteroatoms. The van der Waals surface area contributed by atoms with E-state index in [-0.39, 0.29) is 12.1 Å². The molecule has 0 heterocycles. The summed E-state index contributed by atoms with van der Waals surface area (Å²) in [4.78, 5) is 15.2. The van der Waals surface area contributed by atoms with Gasteiger partial charge in [-0.25, -0.2) is 4.79 Å². The largest absolute Gasteiger partial charge is 0.415 e. The van der Waals surface area contributed by atoms with Gasteiger partial charge in [-0.2, -0.15) is 0 Å². The number of amides is 1. The van der Waals surface area contributed by atoms with Crippen LogP contribution in [-0.4, -0.2) is 23.6 Å². The first kappa shape index (κ1) is 18.4. The van der Waals surface area contributed by atoms with Crippen molar-refractivity contribution in [2.24, 2.45) is 0 Å². The van der Waals surface area contributed by atoms with Gasteiger partial charge in [-0.1, -0.05) is 23.2 Å². The highest BCUT2D eigenvalue weighted by Gasteiger charge is 2.28. The second-order valence-corrected chi connectivity index (χ2v) is 7.40. The van der Waals surface area contributed by atoms with Gasteiger partial charge in [-0.3, -0.25) is 0 Å². The van der Waals surface area contributed by atoms with Crippen molar-refractivity contribution in [1.82, 2.24) is 4.90 Å². The first-order valence-electron chi connectivity index (χ1n) is 8.22.